The van der Waals surface area contributed by atoms with Crippen LogP contribution < -0.4 is 10.1 Å². The van der Waals surface area contributed by atoms with Crippen molar-refractivity contribution in [2.24, 2.45) is 5.92 Å². The second kappa shape index (κ2) is 11.7. The predicted molar refractivity (Wildman–Crippen MR) is 142 cm³/mol. The van der Waals surface area contributed by atoms with E-state index in [1.807, 2.05) is 54.6 Å². The van der Waals surface area contributed by atoms with E-state index in [2.05, 4.69) is 21.2 Å². The Kier molecular flexibility index (Phi) is 8.43. The molecule has 36 heavy (non-hydrogen) atoms. The molecular formula is C27H26BrNO6S. The Morgan fingerprint density at radius 1 is 1.03 bits per heavy atom. The molecule has 9 heteroatoms. The van der Waals surface area contributed by atoms with Gasteiger partial charge in [0.05, 0.1) is 15.4 Å². The van der Waals surface area contributed by atoms with Gasteiger partial charge in [-0.1, -0.05) is 61.7 Å². The van der Waals surface area contributed by atoms with Crippen molar-refractivity contribution in [3.8, 4) is 16.2 Å². The van der Waals surface area contributed by atoms with Crippen molar-refractivity contribution < 1.29 is 29.3 Å². The maximum atomic E-state index is 13.5. The molecule has 2 aromatic carbocycles. The zero-order chi connectivity index (χ0) is 25.7. The van der Waals surface area contributed by atoms with Crippen LogP contribution in [0.1, 0.15) is 52.1 Å². The van der Waals surface area contributed by atoms with Crippen LogP contribution in [0.3, 0.4) is 0 Å². The third kappa shape index (κ3) is 5.96. The van der Waals surface area contributed by atoms with Crippen LogP contribution >= 0.6 is 27.3 Å². The van der Waals surface area contributed by atoms with Gasteiger partial charge in [0, 0.05) is 11.3 Å². The number of hydrogen-bond donors (Lipinski definition) is 3. The first-order valence-corrected chi connectivity index (χ1v) is 13.3. The lowest BCUT2D eigenvalue weighted by atomic mass is 9.81. The maximum absolute atomic E-state index is 13.5. The first-order chi connectivity index (χ1) is 17.3. The number of ketones is 1. The highest BCUT2D eigenvalue weighted by atomic mass is 79.9. The summed E-state index contributed by atoms with van der Waals surface area (Å²) in [4.78, 5) is 36.7. The summed E-state index contributed by atoms with van der Waals surface area (Å²) < 4.78 is 5.65. The number of thiophene rings is 1. The number of aliphatic carboxylic acids is 1. The van der Waals surface area contributed by atoms with Crippen molar-refractivity contribution in [3.05, 3.63) is 69.5 Å². The minimum atomic E-state index is -1.20. The van der Waals surface area contributed by atoms with Crippen molar-refractivity contribution in [3.63, 3.8) is 0 Å². The van der Waals surface area contributed by atoms with Crippen molar-refractivity contribution in [1.82, 2.24) is 0 Å². The van der Waals surface area contributed by atoms with E-state index in [0.29, 0.717) is 14.9 Å². The molecule has 1 unspecified atom stereocenters. The summed E-state index contributed by atoms with van der Waals surface area (Å²) in [5, 5.41) is 22.0. The average molecular weight is 572 g/mol. The fourth-order valence-electron chi connectivity index (χ4n) is 4.56. The Labute approximate surface area is 221 Å². The predicted octanol–water partition coefficient (Wildman–Crippen LogP) is 6.58. The standard InChI is InChI=1S/C27H26BrNO6S/c28-21-24(35-15-20(30)31)26(27(33)34)36-25(21)18-12-7-13-19(14-18)29-22(16-8-3-1-4-9-16)23(32)17-10-5-2-6-11-17/h2,5-7,10-14,16,22,29H,1,3-4,8-9,15H2,(H,30,31)(H,33,34). The van der Waals surface area contributed by atoms with Gasteiger partial charge in [-0.3, -0.25) is 4.79 Å². The molecule has 0 spiro atoms. The highest BCUT2D eigenvalue weighted by molar-refractivity contribution is 9.10. The summed E-state index contributed by atoms with van der Waals surface area (Å²) in [6, 6.07) is 16.4. The monoisotopic (exact) mass is 571 g/mol. The minimum absolute atomic E-state index is 0.0115. The second-order valence-electron chi connectivity index (χ2n) is 8.72. The molecule has 1 aliphatic rings. The molecule has 3 N–H and O–H groups in total. The van der Waals surface area contributed by atoms with Crippen LogP contribution in [0.15, 0.2) is 59.1 Å². The lowest BCUT2D eigenvalue weighted by molar-refractivity contribution is -0.139. The molecule has 1 saturated carbocycles. The molecule has 0 bridgehead atoms. The Morgan fingerprint density at radius 3 is 2.42 bits per heavy atom. The van der Waals surface area contributed by atoms with E-state index < -0.39 is 18.5 Å². The minimum Gasteiger partial charge on any atom is -0.479 e. The van der Waals surface area contributed by atoms with Crippen LogP contribution in [0.5, 0.6) is 5.75 Å². The van der Waals surface area contributed by atoms with Gasteiger partial charge in [0.1, 0.15) is 0 Å². The van der Waals surface area contributed by atoms with E-state index in [9.17, 15) is 19.5 Å². The van der Waals surface area contributed by atoms with Crippen molar-refractivity contribution in [2.45, 2.75) is 38.1 Å². The van der Waals surface area contributed by atoms with E-state index in [1.54, 1.807) is 0 Å². The maximum Gasteiger partial charge on any atom is 0.349 e. The van der Waals surface area contributed by atoms with Gasteiger partial charge >= 0.3 is 11.9 Å². The van der Waals surface area contributed by atoms with Crippen LogP contribution in [0.2, 0.25) is 0 Å². The fourth-order valence-corrected chi connectivity index (χ4v) is 6.45. The highest BCUT2D eigenvalue weighted by Gasteiger charge is 2.30. The molecule has 4 rings (SSSR count). The van der Waals surface area contributed by atoms with E-state index in [-0.39, 0.29) is 28.4 Å². The second-order valence-corrected chi connectivity index (χ2v) is 10.5. The first kappa shape index (κ1) is 25.9. The largest absolute Gasteiger partial charge is 0.479 e. The van der Waals surface area contributed by atoms with Gasteiger partial charge in [0.15, 0.2) is 23.0 Å². The summed E-state index contributed by atoms with van der Waals surface area (Å²) in [7, 11) is 0. The Balaban J connectivity index is 1.65. The smallest absolute Gasteiger partial charge is 0.349 e. The quantitative estimate of drug-likeness (QED) is 0.235. The lowest BCUT2D eigenvalue weighted by Gasteiger charge is -2.31. The number of carboxylic acids is 2. The molecule has 1 aromatic heterocycles. The number of benzene rings is 2. The van der Waals surface area contributed by atoms with Crippen LogP contribution in [-0.4, -0.2) is 40.6 Å². The number of hydrogen-bond acceptors (Lipinski definition) is 6. The summed E-state index contributed by atoms with van der Waals surface area (Å²) >= 11 is 4.40. The topological polar surface area (TPSA) is 113 Å². The number of carbonyl (C=O) groups excluding carboxylic acids is 1. The number of nitrogens with one attached hydrogen (secondary N) is 1. The Morgan fingerprint density at radius 2 is 1.75 bits per heavy atom. The van der Waals surface area contributed by atoms with E-state index in [0.717, 1.165) is 48.3 Å². The number of carboxylic acid groups (broad SMARTS) is 2. The van der Waals surface area contributed by atoms with Crippen LogP contribution in [0.4, 0.5) is 5.69 Å². The van der Waals surface area contributed by atoms with Crippen LogP contribution in [-0.2, 0) is 4.79 Å². The summed E-state index contributed by atoms with van der Waals surface area (Å²) in [5.74, 6) is -2.13. The Hall–Kier alpha value is -3.17. The third-order valence-electron chi connectivity index (χ3n) is 6.25. The zero-order valence-corrected chi connectivity index (χ0v) is 21.8. The molecule has 1 aliphatic carbocycles. The molecule has 7 nitrogen and oxygen atoms in total. The van der Waals surface area contributed by atoms with Gasteiger partial charge in [-0.15, -0.1) is 11.3 Å². The average Bonchev–Trinajstić information content (AvgIpc) is 3.23. The van der Waals surface area contributed by atoms with Gasteiger partial charge in [0.25, 0.3) is 0 Å². The van der Waals surface area contributed by atoms with Gasteiger partial charge in [-0.2, -0.15) is 0 Å². The molecule has 1 fully saturated rings. The molecule has 1 heterocycles. The molecule has 3 aromatic rings. The number of halogens is 1. The summed E-state index contributed by atoms with van der Waals surface area (Å²) in [5.41, 5.74) is 2.14. The molecule has 0 aliphatic heterocycles. The first-order valence-electron chi connectivity index (χ1n) is 11.7. The van der Waals surface area contributed by atoms with Gasteiger partial charge in [-0.25, -0.2) is 9.59 Å². The molecule has 188 valence electrons. The van der Waals surface area contributed by atoms with Gasteiger partial charge in [-0.05, 0) is 52.4 Å². The Bertz CT molecular complexity index is 1250. The number of aromatic carboxylic acids is 1. The normalized spacial score (nSPS) is 14.7. The molecular weight excluding hydrogens is 546 g/mol. The number of ether oxygens (including phenoxy) is 1. The highest BCUT2D eigenvalue weighted by Crippen LogP contribution is 2.46. The molecule has 0 radical (unpaired) electrons. The van der Waals surface area contributed by atoms with Crippen molar-refractivity contribution in [2.75, 3.05) is 11.9 Å². The van der Waals surface area contributed by atoms with E-state index >= 15 is 0 Å². The van der Waals surface area contributed by atoms with Gasteiger partial charge in [0.2, 0.25) is 0 Å². The summed E-state index contributed by atoms with van der Waals surface area (Å²) in [6.07, 6.45) is 5.36. The SMILES string of the molecule is O=C(O)COc1c(C(=O)O)sc(-c2cccc(NC(C(=O)c3ccccc3)C3CCCCC3)c2)c1Br. The number of carbonyl (C=O) groups is 3. The third-order valence-corrected chi connectivity index (χ3v) is 8.48. The van der Waals surface area contributed by atoms with E-state index in [1.165, 1.54) is 6.42 Å². The molecule has 1 atom stereocenters. The lowest BCUT2D eigenvalue weighted by Crippen LogP contribution is -2.38. The summed E-state index contributed by atoms with van der Waals surface area (Å²) in [6.45, 7) is -0.651. The number of rotatable bonds is 10. The van der Waals surface area contributed by atoms with Crippen molar-refractivity contribution in [1.29, 1.82) is 0 Å². The molecule has 0 amide bonds. The van der Waals surface area contributed by atoms with Crippen LogP contribution in [0, 0.1) is 5.92 Å². The number of anilines is 1. The van der Waals surface area contributed by atoms with E-state index in [4.69, 9.17) is 9.84 Å². The zero-order valence-electron chi connectivity index (χ0n) is 19.4. The van der Waals surface area contributed by atoms with Crippen LogP contribution in [0.25, 0.3) is 10.4 Å². The van der Waals surface area contributed by atoms with Gasteiger partial charge < -0.3 is 20.3 Å². The molecule has 0 saturated heterocycles. The number of Topliss-reactive ketones (excluding diaryl/α,β-unsaturated/α-hetero) is 1. The fraction of sp³-hybridized carbons (Fsp3) is 0.296. The van der Waals surface area contributed by atoms with Crippen molar-refractivity contribution >= 4 is 50.7 Å².